The van der Waals surface area contributed by atoms with Crippen molar-refractivity contribution in [2.45, 2.75) is 26.9 Å². The largest absolute Gasteiger partial charge is 0.343 e. The van der Waals surface area contributed by atoms with Gasteiger partial charge in [0, 0.05) is 33.0 Å². The molecule has 8 heteroatoms. The topological polar surface area (TPSA) is 68.9 Å². The Morgan fingerprint density at radius 3 is 2.52 bits per heavy atom. The SMILES string of the molecule is Cc1c2cnn(CC(=O)Nc3ccc(Cl)cc3)c(=O)c2c(C)n1Cc1ccccc1F. The number of hydrogen-bond donors (Lipinski definition) is 1. The molecular formula is C23H20ClFN4O2. The number of aryl methyl sites for hydroxylation is 2. The Bertz CT molecular complexity index is 1340. The van der Waals surface area contributed by atoms with E-state index in [1.807, 2.05) is 18.4 Å². The number of amides is 1. The first-order valence-corrected chi connectivity index (χ1v) is 10.1. The van der Waals surface area contributed by atoms with Crippen LogP contribution < -0.4 is 10.9 Å². The summed E-state index contributed by atoms with van der Waals surface area (Å²) in [4.78, 5) is 25.5. The number of hydrogen-bond acceptors (Lipinski definition) is 3. The number of anilines is 1. The molecule has 0 spiro atoms. The highest BCUT2D eigenvalue weighted by molar-refractivity contribution is 6.30. The maximum absolute atomic E-state index is 14.1. The zero-order valence-corrected chi connectivity index (χ0v) is 17.8. The van der Waals surface area contributed by atoms with Gasteiger partial charge in [0.15, 0.2) is 0 Å². The van der Waals surface area contributed by atoms with Crippen LogP contribution in [0.2, 0.25) is 5.02 Å². The highest BCUT2D eigenvalue weighted by Gasteiger charge is 2.18. The van der Waals surface area contributed by atoms with Gasteiger partial charge < -0.3 is 9.88 Å². The maximum Gasteiger partial charge on any atom is 0.276 e. The summed E-state index contributed by atoms with van der Waals surface area (Å²) in [7, 11) is 0. The van der Waals surface area contributed by atoms with Gasteiger partial charge in [-0.15, -0.1) is 0 Å². The second-order valence-electron chi connectivity index (χ2n) is 7.30. The van der Waals surface area contributed by atoms with E-state index in [2.05, 4.69) is 10.4 Å². The van der Waals surface area contributed by atoms with Crippen LogP contribution in [0.15, 0.2) is 59.5 Å². The van der Waals surface area contributed by atoms with Gasteiger partial charge >= 0.3 is 0 Å². The van der Waals surface area contributed by atoms with E-state index >= 15 is 0 Å². The summed E-state index contributed by atoms with van der Waals surface area (Å²) in [6.45, 7) is 3.76. The van der Waals surface area contributed by atoms with Crippen molar-refractivity contribution in [1.29, 1.82) is 0 Å². The molecule has 158 valence electrons. The van der Waals surface area contributed by atoms with E-state index in [0.717, 1.165) is 10.4 Å². The van der Waals surface area contributed by atoms with E-state index in [9.17, 15) is 14.0 Å². The minimum Gasteiger partial charge on any atom is -0.343 e. The number of rotatable bonds is 5. The van der Waals surface area contributed by atoms with Crippen LogP contribution in [0.4, 0.5) is 10.1 Å². The molecule has 2 aromatic carbocycles. The van der Waals surface area contributed by atoms with Gasteiger partial charge in [-0.2, -0.15) is 5.10 Å². The third-order valence-electron chi connectivity index (χ3n) is 5.31. The zero-order valence-electron chi connectivity index (χ0n) is 17.0. The lowest BCUT2D eigenvalue weighted by Crippen LogP contribution is -2.29. The van der Waals surface area contributed by atoms with Crippen molar-refractivity contribution in [2.24, 2.45) is 0 Å². The van der Waals surface area contributed by atoms with Gasteiger partial charge in [-0.1, -0.05) is 29.8 Å². The highest BCUT2D eigenvalue weighted by Crippen LogP contribution is 2.23. The standard InChI is InChI=1S/C23H20ClFN4O2/c1-14-19-11-26-29(13-21(30)27-18-9-7-17(24)8-10-18)23(31)22(19)15(2)28(14)12-16-5-3-4-6-20(16)25/h3-11H,12-13H2,1-2H3,(H,27,30). The van der Waals surface area contributed by atoms with Crippen molar-refractivity contribution in [1.82, 2.24) is 14.3 Å². The summed E-state index contributed by atoms with van der Waals surface area (Å²) in [5.41, 5.74) is 2.26. The van der Waals surface area contributed by atoms with Crippen molar-refractivity contribution in [3.8, 4) is 0 Å². The van der Waals surface area contributed by atoms with E-state index in [1.165, 1.54) is 6.07 Å². The second-order valence-corrected chi connectivity index (χ2v) is 7.74. The number of nitrogens with zero attached hydrogens (tertiary/aromatic N) is 3. The normalized spacial score (nSPS) is 11.1. The minimum absolute atomic E-state index is 0.228. The molecule has 6 nitrogen and oxygen atoms in total. The fourth-order valence-corrected chi connectivity index (χ4v) is 3.79. The predicted octanol–water partition coefficient (Wildman–Crippen LogP) is 4.29. The zero-order chi connectivity index (χ0) is 22.1. The van der Waals surface area contributed by atoms with Crippen LogP contribution in [0.5, 0.6) is 0 Å². The molecule has 4 rings (SSSR count). The molecule has 0 aliphatic carbocycles. The number of benzene rings is 2. The quantitative estimate of drug-likeness (QED) is 0.505. The molecular weight excluding hydrogens is 419 g/mol. The van der Waals surface area contributed by atoms with E-state index in [-0.39, 0.29) is 23.8 Å². The summed E-state index contributed by atoms with van der Waals surface area (Å²) in [6.07, 6.45) is 1.58. The van der Waals surface area contributed by atoms with Gasteiger partial charge in [-0.3, -0.25) is 9.59 Å². The lowest BCUT2D eigenvalue weighted by Gasteiger charge is -2.10. The van der Waals surface area contributed by atoms with Crippen LogP contribution in [0.1, 0.15) is 17.0 Å². The number of carbonyl (C=O) groups is 1. The molecule has 0 aliphatic heterocycles. The van der Waals surface area contributed by atoms with Crippen molar-refractivity contribution in [2.75, 3.05) is 5.32 Å². The Hall–Kier alpha value is -3.45. The van der Waals surface area contributed by atoms with Crippen LogP contribution in [-0.4, -0.2) is 20.3 Å². The number of aromatic nitrogens is 3. The third kappa shape index (κ3) is 4.09. The summed E-state index contributed by atoms with van der Waals surface area (Å²) < 4.78 is 17.2. The first-order valence-electron chi connectivity index (χ1n) is 9.69. The van der Waals surface area contributed by atoms with Crippen molar-refractivity contribution < 1.29 is 9.18 Å². The lowest BCUT2D eigenvalue weighted by molar-refractivity contribution is -0.117. The molecule has 0 aliphatic rings. The van der Waals surface area contributed by atoms with Gasteiger partial charge in [-0.25, -0.2) is 9.07 Å². The van der Waals surface area contributed by atoms with Crippen molar-refractivity contribution in [3.05, 3.63) is 92.9 Å². The molecule has 2 aromatic heterocycles. The van der Waals surface area contributed by atoms with Crippen LogP contribution in [-0.2, 0) is 17.9 Å². The van der Waals surface area contributed by atoms with Crippen molar-refractivity contribution in [3.63, 3.8) is 0 Å². The second kappa shape index (κ2) is 8.35. The van der Waals surface area contributed by atoms with E-state index in [0.29, 0.717) is 39.3 Å². The van der Waals surface area contributed by atoms with Gasteiger partial charge in [-0.05, 0) is 44.2 Å². The van der Waals surface area contributed by atoms with Crippen LogP contribution in [0.25, 0.3) is 10.8 Å². The molecule has 0 radical (unpaired) electrons. The van der Waals surface area contributed by atoms with Crippen molar-refractivity contribution >= 4 is 34.0 Å². The van der Waals surface area contributed by atoms with Crippen LogP contribution >= 0.6 is 11.6 Å². The fourth-order valence-electron chi connectivity index (χ4n) is 3.66. The molecule has 0 saturated carbocycles. The molecule has 2 heterocycles. The molecule has 0 bridgehead atoms. The van der Waals surface area contributed by atoms with Gasteiger partial charge in [0.2, 0.25) is 5.91 Å². The smallest absolute Gasteiger partial charge is 0.276 e. The summed E-state index contributed by atoms with van der Waals surface area (Å²) >= 11 is 5.85. The average molecular weight is 439 g/mol. The van der Waals surface area contributed by atoms with E-state index in [4.69, 9.17) is 11.6 Å². The van der Waals surface area contributed by atoms with E-state index < -0.39 is 0 Å². The monoisotopic (exact) mass is 438 g/mol. The molecule has 0 atom stereocenters. The number of nitrogens with one attached hydrogen (secondary N) is 1. The molecule has 0 fully saturated rings. The van der Waals surface area contributed by atoms with Gasteiger partial charge in [0.25, 0.3) is 5.56 Å². The molecule has 31 heavy (non-hydrogen) atoms. The minimum atomic E-state index is -0.378. The maximum atomic E-state index is 14.1. The lowest BCUT2D eigenvalue weighted by atomic mass is 10.2. The molecule has 0 unspecified atom stereocenters. The Morgan fingerprint density at radius 2 is 1.81 bits per heavy atom. The molecule has 1 amide bonds. The fraction of sp³-hybridized carbons (Fsp3) is 0.174. The Morgan fingerprint density at radius 1 is 1.10 bits per heavy atom. The molecule has 4 aromatic rings. The number of carbonyl (C=O) groups excluding carboxylic acids is 1. The number of fused-ring (bicyclic) bond motifs is 1. The summed E-state index contributed by atoms with van der Waals surface area (Å²) in [6, 6.07) is 13.2. The third-order valence-corrected chi connectivity index (χ3v) is 5.56. The molecule has 1 N–H and O–H groups in total. The van der Waals surface area contributed by atoms with Crippen LogP contribution in [0.3, 0.4) is 0 Å². The number of halogens is 2. The Labute approximate surface area is 182 Å². The predicted molar refractivity (Wildman–Crippen MR) is 119 cm³/mol. The summed E-state index contributed by atoms with van der Waals surface area (Å²) in [5.74, 6) is -0.676. The van der Waals surface area contributed by atoms with Gasteiger partial charge in [0.1, 0.15) is 12.4 Å². The first-order chi connectivity index (χ1) is 14.8. The average Bonchev–Trinajstić information content (AvgIpc) is 2.98. The first kappa shape index (κ1) is 20.8. The molecule has 0 saturated heterocycles. The Kier molecular flexibility index (Phi) is 5.61. The Balaban J connectivity index is 1.65. The summed E-state index contributed by atoms with van der Waals surface area (Å²) in [5, 5.41) is 8.62. The van der Waals surface area contributed by atoms with Crippen LogP contribution in [0, 0.1) is 19.7 Å². The van der Waals surface area contributed by atoms with E-state index in [1.54, 1.807) is 48.7 Å². The van der Waals surface area contributed by atoms with Gasteiger partial charge in [0.05, 0.1) is 18.1 Å². The highest BCUT2D eigenvalue weighted by atomic mass is 35.5.